The number of furan rings is 1. The van der Waals surface area contributed by atoms with Crippen LogP contribution in [0.5, 0.6) is 0 Å². The number of hydrogen-bond acceptors (Lipinski definition) is 5. The number of rotatable bonds is 4. The summed E-state index contributed by atoms with van der Waals surface area (Å²) in [6.45, 7) is 1.59. The Morgan fingerprint density at radius 3 is 2.24 bits per heavy atom. The van der Waals surface area contributed by atoms with Crippen LogP contribution in [0.2, 0.25) is 0 Å². The first-order valence-electron chi connectivity index (χ1n) is 10.1. The number of benzene rings is 3. The van der Waals surface area contributed by atoms with Gasteiger partial charge in [-0.1, -0.05) is 36.4 Å². The normalized spacial score (nSPS) is 11.1. The molecule has 0 saturated heterocycles. The predicted octanol–water partition coefficient (Wildman–Crippen LogP) is 5.47. The second-order valence-corrected chi connectivity index (χ2v) is 7.52. The van der Waals surface area contributed by atoms with Gasteiger partial charge in [0.2, 0.25) is 5.78 Å². The first-order chi connectivity index (χ1) is 15.9. The van der Waals surface area contributed by atoms with Crippen molar-refractivity contribution < 1.29 is 22.8 Å². The molecular formula is C26H16FNO5. The van der Waals surface area contributed by atoms with Crippen LogP contribution in [0.3, 0.4) is 0 Å². The maximum atomic E-state index is 14.1. The average molecular weight is 441 g/mol. The summed E-state index contributed by atoms with van der Waals surface area (Å²) in [4.78, 5) is 38.6. The van der Waals surface area contributed by atoms with Gasteiger partial charge in [0.15, 0.2) is 16.9 Å². The van der Waals surface area contributed by atoms with Crippen molar-refractivity contribution in [1.82, 2.24) is 0 Å². The molecule has 0 saturated carbocycles. The Morgan fingerprint density at radius 1 is 0.848 bits per heavy atom. The predicted molar refractivity (Wildman–Crippen MR) is 121 cm³/mol. The quantitative estimate of drug-likeness (QED) is 0.374. The molecule has 1 amide bonds. The average Bonchev–Trinajstić information content (AvgIpc) is 3.18. The summed E-state index contributed by atoms with van der Waals surface area (Å²) in [6.07, 6.45) is 0. The molecule has 0 atom stereocenters. The molecule has 33 heavy (non-hydrogen) atoms. The number of para-hydroxylation sites is 2. The molecule has 2 heterocycles. The maximum absolute atomic E-state index is 14.1. The van der Waals surface area contributed by atoms with Crippen LogP contribution in [0.15, 0.2) is 86.4 Å². The van der Waals surface area contributed by atoms with Gasteiger partial charge in [0.05, 0.1) is 11.1 Å². The van der Waals surface area contributed by atoms with Gasteiger partial charge in [-0.05, 0) is 42.8 Å². The first-order valence-corrected chi connectivity index (χ1v) is 10.1. The maximum Gasteiger partial charge on any atom is 0.291 e. The molecule has 6 nitrogen and oxygen atoms in total. The number of ketones is 1. The van der Waals surface area contributed by atoms with Crippen molar-refractivity contribution in [1.29, 1.82) is 0 Å². The van der Waals surface area contributed by atoms with Gasteiger partial charge in [0, 0.05) is 17.0 Å². The smallest absolute Gasteiger partial charge is 0.291 e. The van der Waals surface area contributed by atoms with Gasteiger partial charge in [-0.15, -0.1) is 0 Å². The molecule has 0 spiro atoms. The van der Waals surface area contributed by atoms with E-state index in [4.69, 9.17) is 8.83 Å². The number of carbonyl (C=O) groups excluding carboxylic acids is 2. The fourth-order valence-electron chi connectivity index (χ4n) is 3.59. The molecule has 7 heteroatoms. The standard InChI is InChI=1S/C26H16FNO5/c1-14-10-11-15(12-18(14)27)24(30)25-23(17-7-3-5-9-21(17)33-25)28-26(31)22-13-19(29)16-6-2-4-8-20(16)32-22/h2-13H,1H3,(H,28,31). The number of fused-ring (bicyclic) bond motifs is 2. The SMILES string of the molecule is Cc1ccc(C(=O)c2oc3ccccc3c2NC(=O)c2cc(=O)c3ccccc3o2)cc1F. The highest BCUT2D eigenvalue weighted by Crippen LogP contribution is 2.33. The summed E-state index contributed by atoms with van der Waals surface area (Å²) in [5.74, 6) is -2.23. The number of aryl methyl sites for hydroxylation is 1. The molecule has 0 fully saturated rings. The van der Waals surface area contributed by atoms with Gasteiger partial charge >= 0.3 is 0 Å². The lowest BCUT2D eigenvalue weighted by atomic mass is 10.0. The third-order valence-corrected chi connectivity index (χ3v) is 5.33. The number of hydrogen-bond donors (Lipinski definition) is 1. The minimum atomic E-state index is -0.728. The lowest BCUT2D eigenvalue weighted by Gasteiger charge is -2.07. The van der Waals surface area contributed by atoms with E-state index in [0.29, 0.717) is 21.9 Å². The van der Waals surface area contributed by atoms with Crippen LogP contribution >= 0.6 is 0 Å². The summed E-state index contributed by atoms with van der Waals surface area (Å²) in [6, 6.07) is 18.5. The molecular weight excluding hydrogens is 425 g/mol. The summed E-state index contributed by atoms with van der Waals surface area (Å²) in [5.41, 5.74) is 0.839. The van der Waals surface area contributed by atoms with Crippen LogP contribution < -0.4 is 10.7 Å². The van der Waals surface area contributed by atoms with Crippen molar-refractivity contribution >= 4 is 39.3 Å². The Labute approximate surface area is 186 Å². The van der Waals surface area contributed by atoms with Crippen LogP contribution in [0, 0.1) is 12.7 Å². The highest BCUT2D eigenvalue weighted by atomic mass is 19.1. The molecule has 0 aliphatic carbocycles. The Balaban J connectivity index is 1.59. The van der Waals surface area contributed by atoms with Crippen LogP contribution in [-0.2, 0) is 0 Å². The minimum absolute atomic E-state index is 0.0740. The van der Waals surface area contributed by atoms with Crippen molar-refractivity contribution in [2.45, 2.75) is 6.92 Å². The van der Waals surface area contributed by atoms with Gasteiger partial charge in [-0.2, -0.15) is 0 Å². The van der Waals surface area contributed by atoms with E-state index in [2.05, 4.69) is 5.32 Å². The van der Waals surface area contributed by atoms with Crippen molar-refractivity contribution in [2.24, 2.45) is 0 Å². The van der Waals surface area contributed by atoms with E-state index in [0.717, 1.165) is 12.1 Å². The van der Waals surface area contributed by atoms with Gasteiger partial charge in [-0.25, -0.2) is 4.39 Å². The molecule has 1 N–H and O–H groups in total. The molecule has 0 bridgehead atoms. The zero-order valence-electron chi connectivity index (χ0n) is 17.3. The third kappa shape index (κ3) is 3.59. The van der Waals surface area contributed by atoms with E-state index in [1.807, 2.05) is 0 Å². The van der Waals surface area contributed by atoms with E-state index in [9.17, 15) is 18.8 Å². The van der Waals surface area contributed by atoms with E-state index < -0.39 is 17.5 Å². The molecule has 0 aliphatic heterocycles. The fourth-order valence-corrected chi connectivity index (χ4v) is 3.59. The number of amides is 1. The molecule has 5 rings (SSSR count). The monoisotopic (exact) mass is 441 g/mol. The second-order valence-electron chi connectivity index (χ2n) is 7.52. The topological polar surface area (TPSA) is 89.5 Å². The van der Waals surface area contributed by atoms with Crippen molar-refractivity contribution in [2.75, 3.05) is 5.32 Å². The molecule has 162 valence electrons. The van der Waals surface area contributed by atoms with Gasteiger partial charge in [0.1, 0.15) is 17.0 Å². The summed E-state index contributed by atoms with van der Waals surface area (Å²) in [5, 5.41) is 3.46. The van der Waals surface area contributed by atoms with Crippen molar-refractivity contribution in [3.8, 4) is 0 Å². The summed E-state index contributed by atoms with van der Waals surface area (Å²) in [7, 11) is 0. The van der Waals surface area contributed by atoms with E-state index in [-0.39, 0.29) is 33.8 Å². The Hall–Kier alpha value is -4.52. The number of halogens is 1. The van der Waals surface area contributed by atoms with Gasteiger partial charge in [0.25, 0.3) is 5.91 Å². The number of anilines is 1. The van der Waals surface area contributed by atoms with Crippen LogP contribution in [-0.4, -0.2) is 11.7 Å². The first kappa shape index (κ1) is 20.4. The number of nitrogens with one attached hydrogen (secondary N) is 1. The van der Waals surface area contributed by atoms with E-state index in [1.165, 1.54) is 12.1 Å². The fraction of sp³-hybridized carbons (Fsp3) is 0.0385. The highest BCUT2D eigenvalue weighted by Gasteiger charge is 2.25. The lowest BCUT2D eigenvalue weighted by Crippen LogP contribution is -2.16. The molecule has 0 aliphatic rings. The number of carbonyl (C=O) groups is 2. The van der Waals surface area contributed by atoms with E-state index >= 15 is 0 Å². The van der Waals surface area contributed by atoms with Crippen molar-refractivity contribution in [3.05, 3.63) is 111 Å². The summed E-state index contributed by atoms with van der Waals surface area (Å²) < 4.78 is 25.4. The molecule has 2 aromatic heterocycles. The Kier molecular flexibility index (Phi) is 4.86. The summed E-state index contributed by atoms with van der Waals surface area (Å²) >= 11 is 0. The van der Waals surface area contributed by atoms with Crippen LogP contribution in [0.4, 0.5) is 10.1 Å². The third-order valence-electron chi connectivity index (χ3n) is 5.33. The Bertz CT molecular complexity index is 1630. The lowest BCUT2D eigenvalue weighted by molar-refractivity contribution is 0.0997. The van der Waals surface area contributed by atoms with Crippen LogP contribution in [0.1, 0.15) is 32.2 Å². The molecule has 0 radical (unpaired) electrons. The zero-order valence-corrected chi connectivity index (χ0v) is 17.3. The van der Waals surface area contributed by atoms with Gasteiger partial charge < -0.3 is 14.2 Å². The zero-order chi connectivity index (χ0) is 23.1. The second kappa shape index (κ2) is 7.87. The van der Waals surface area contributed by atoms with E-state index in [1.54, 1.807) is 55.5 Å². The van der Waals surface area contributed by atoms with Crippen molar-refractivity contribution in [3.63, 3.8) is 0 Å². The Morgan fingerprint density at radius 2 is 1.52 bits per heavy atom. The van der Waals surface area contributed by atoms with Crippen LogP contribution in [0.25, 0.3) is 21.9 Å². The highest BCUT2D eigenvalue weighted by molar-refractivity contribution is 6.18. The minimum Gasteiger partial charge on any atom is -0.451 e. The molecule has 5 aromatic rings. The largest absolute Gasteiger partial charge is 0.451 e. The molecule has 0 unspecified atom stereocenters. The van der Waals surface area contributed by atoms with Gasteiger partial charge in [-0.3, -0.25) is 14.4 Å². The molecule has 3 aromatic carbocycles.